The van der Waals surface area contributed by atoms with Crippen molar-refractivity contribution < 1.29 is 14.7 Å². The molecule has 0 radical (unpaired) electrons. The fraction of sp³-hybridized carbons (Fsp3) is 0.900. The molecule has 1 fully saturated rings. The van der Waals surface area contributed by atoms with Crippen molar-refractivity contribution >= 4 is 5.91 Å². The lowest BCUT2D eigenvalue weighted by Crippen LogP contribution is -2.48. The predicted molar refractivity (Wildman–Crippen MR) is 55.5 cm³/mol. The van der Waals surface area contributed by atoms with Crippen molar-refractivity contribution in [1.29, 1.82) is 0 Å². The van der Waals surface area contributed by atoms with Gasteiger partial charge in [-0.15, -0.1) is 0 Å². The van der Waals surface area contributed by atoms with E-state index in [9.17, 15) is 4.79 Å². The van der Waals surface area contributed by atoms with Crippen LogP contribution in [0.15, 0.2) is 0 Å². The standard InChI is InChI=1S/C10H20N2O3/c1-7(10(13)11-14)4-12-5-8(2)15-9(3)6-12/h7-9,14H,4-6H2,1-3H3,(H,11,13). The average molecular weight is 216 g/mol. The lowest BCUT2D eigenvalue weighted by atomic mass is 10.1. The number of rotatable bonds is 3. The van der Waals surface area contributed by atoms with E-state index in [2.05, 4.69) is 4.90 Å². The summed E-state index contributed by atoms with van der Waals surface area (Å²) in [4.78, 5) is 13.3. The first-order valence-electron chi connectivity index (χ1n) is 5.34. The van der Waals surface area contributed by atoms with Crippen LogP contribution in [-0.2, 0) is 9.53 Å². The smallest absolute Gasteiger partial charge is 0.247 e. The van der Waals surface area contributed by atoms with E-state index in [4.69, 9.17) is 9.94 Å². The summed E-state index contributed by atoms with van der Waals surface area (Å²) in [6, 6.07) is 0. The first-order chi connectivity index (χ1) is 7.02. The molecule has 0 aromatic carbocycles. The topological polar surface area (TPSA) is 61.8 Å². The third-order valence-corrected chi connectivity index (χ3v) is 2.59. The van der Waals surface area contributed by atoms with Gasteiger partial charge in [-0.1, -0.05) is 6.92 Å². The Balaban J connectivity index is 2.40. The molecular weight excluding hydrogens is 196 g/mol. The Morgan fingerprint density at radius 2 is 2.07 bits per heavy atom. The molecule has 3 unspecified atom stereocenters. The summed E-state index contributed by atoms with van der Waals surface area (Å²) in [5, 5.41) is 8.50. The normalized spacial score (nSPS) is 29.9. The second-order valence-corrected chi connectivity index (χ2v) is 4.35. The number of carbonyl (C=O) groups excluding carboxylic acids is 1. The molecule has 2 N–H and O–H groups in total. The monoisotopic (exact) mass is 216 g/mol. The van der Waals surface area contributed by atoms with Crippen LogP contribution in [0, 0.1) is 5.92 Å². The Bertz CT molecular complexity index is 213. The van der Waals surface area contributed by atoms with E-state index < -0.39 is 0 Å². The van der Waals surface area contributed by atoms with E-state index in [1.54, 1.807) is 12.4 Å². The van der Waals surface area contributed by atoms with E-state index in [0.717, 1.165) is 13.1 Å². The minimum absolute atomic E-state index is 0.201. The van der Waals surface area contributed by atoms with Crippen molar-refractivity contribution in [3.63, 3.8) is 0 Å². The minimum Gasteiger partial charge on any atom is -0.373 e. The molecule has 88 valence electrons. The molecule has 1 aliphatic heterocycles. The van der Waals surface area contributed by atoms with E-state index in [0.29, 0.717) is 6.54 Å². The quantitative estimate of drug-likeness (QED) is 0.524. The SMILES string of the molecule is CC1CN(CC(C)C(=O)NO)CC(C)O1. The molecule has 0 saturated carbocycles. The molecule has 0 aromatic heterocycles. The summed E-state index contributed by atoms with van der Waals surface area (Å²) >= 11 is 0. The summed E-state index contributed by atoms with van der Waals surface area (Å²) < 4.78 is 5.59. The summed E-state index contributed by atoms with van der Waals surface area (Å²) in [5.74, 6) is -0.533. The average Bonchev–Trinajstić information content (AvgIpc) is 2.14. The van der Waals surface area contributed by atoms with Crippen LogP contribution < -0.4 is 5.48 Å². The summed E-state index contributed by atoms with van der Waals surface area (Å²) in [5.41, 5.74) is 1.68. The van der Waals surface area contributed by atoms with Crippen LogP contribution in [0.25, 0.3) is 0 Å². The van der Waals surface area contributed by atoms with Crippen LogP contribution in [0.1, 0.15) is 20.8 Å². The Kier molecular flexibility index (Phi) is 4.50. The third-order valence-electron chi connectivity index (χ3n) is 2.59. The van der Waals surface area contributed by atoms with Gasteiger partial charge in [0, 0.05) is 25.6 Å². The van der Waals surface area contributed by atoms with E-state index in [-0.39, 0.29) is 24.0 Å². The Labute approximate surface area is 90.4 Å². The second kappa shape index (κ2) is 5.44. The van der Waals surface area contributed by atoms with Crippen molar-refractivity contribution in [1.82, 2.24) is 10.4 Å². The number of hydroxylamine groups is 1. The maximum atomic E-state index is 11.1. The first kappa shape index (κ1) is 12.4. The number of carbonyl (C=O) groups is 1. The summed E-state index contributed by atoms with van der Waals surface area (Å²) in [6.45, 7) is 8.19. The van der Waals surface area contributed by atoms with Gasteiger partial charge in [0.05, 0.1) is 12.2 Å². The lowest BCUT2D eigenvalue weighted by molar-refractivity contribution is -0.134. The molecule has 0 spiro atoms. The Hall–Kier alpha value is -0.650. The maximum Gasteiger partial charge on any atom is 0.247 e. The highest BCUT2D eigenvalue weighted by molar-refractivity contribution is 5.77. The van der Waals surface area contributed by atoms with Crippen LogP contribution in [0.5, 0.6) is 0 Å². The number of nitrogens with one attached hydrogen (secondary N) is 1. The zero-order chi connectivity index (χ0) is 11.4. The van der Waals surface area contributed by atoms with Gasteiger partial charge in [0.25, 0.3) is 0 Å². The Morgan fingerprint density at radius 3 is 2.53 bits per heavy atom. The summed E-state index contributed by atoms with van der Waals surface area (Å²) in [7, 11) is 0. The van der Waals surface area contributed by atoms with Crippen LogP contribution in [-0.4, -0.2) is 47.9 Å². The van der Waals surface area contributed by atoms with Gasteiger partial charge in [-0.05, 0) is 13.8 Å². The van der Waals surface area contributed by atoms with Gasteiger partial charge in [-0.2, -0.15) is 0 Å². The number of amides is 1. The number of ether oxygens (including phenoxy) is 1. The summed E-state index contributed by atoms with van der Waals surface area (Å²) in [6.07, 6.45) is 0.413. The maximum absolute atomic E-state index is 11.1. The van der Waals surface area contributed by atoms with Crippen molar-refractivity contribution in [3.8, 4) is 0 Å². The number of morpholine rings is 1. The molecule has 1 heterocycles. The molecule has 5 nitrogen and oxygen atoms in total. The molecule has 1 rings (SSSR count). The van der Waals surface area contributed by atoms with E-state index in [1.165, 1.54) is 0 Å². The highest BCUT2D eigenvalue weighted by Gasteiger charge is 2.25. The van der Waals surface area contributed by atoms with Gasteiger partial charge in [-0.25, -0.2) is 5.48 Å². The highest BCUT2D eigenvalue weighted by atomic mass is 16.5. The van der Waals surface area contributed by atoms with Crippen molar-refractivity contribution in [2.75, 3.05) is 19.6 Å². The van der Waals surface area contributed by atoms with Crippen LogP contribution in [0.4, 0.5) is 0 Å². The molecule has 0 bridgehead atoms. The van der Waals surface area contributed by atoms with Gasteiger partial charge < -0.3 is 4.74 Å². The molecule has 0 aromatic rings. The van der Waals surface area contributed by atoms with Crippen molar-refractivity contribution in [2.45, 2.75) is 33.0 Å². The first-order valence-corrected chi connectivity index (χ1v) is 5.34. The second-order valence-electron chi connectivity index (χ2n) is 4.35. The van der Waals surface area contributed by atoms with Gasteiger partial charge in [0.2, 0.25) is 5.91 Å². The minimum atomic E-state index is -0.332. The molecule has 15 heavy (non-hydrogen) atoms. The van der Waals surface area contributed by atoms with Gasteiger partial charge >= 0.3 is 0 Å². The number of nitrogens with zero attached hydrogens (tertiary/aromatic N) is 1. The largest absolute Gasteiger partial charge is 0.373 e. The fourth-order valence-corrected chi connectivity index (χ4v) is 2.01. The zero-order valence-electron chi connectivity index (χ0n) is 9.56. The number of hydrogen-bond acceptors (Lipinski definition) is 4. The van der Waals surface area contributed by atoms with Crippen LogP contribution in [0.2, 0.25) is 0 Å². The predicted octanol–water partition coefficient (Wildman–Crippen LogP) is 0.237. The molecule has 1 saturated heterocycles. The van der Waals surface area contributed by atoms with Crippen LogP contribution >= 0.6 is 0 Å². The van der Waals surface area contributed by atoms with Crippen molar-refractivity contribution in [3.05, 3.63) is 0 Å². The van der Waals surface area contributed by atoms with Gasteiger partial charge in [0.15, 0.2) is 0 Å². The number of hydrogen-bond donors (Lipinski definition) is 2. The molecule has 1 aliphatic rings. The molecular formula is C10H20N2O3. The Morgan fingerprint density at radius 1 is 1.53 bits per heavy atom. The van der Waals surface area contributed by atoms with Gasteiger partial charge in [-0.3, -0.25) is 14.9 Å². The fourth-order valence-electron chi connectivity index (χ4n) is 2.01. The lowest BCUT2D eigenvalue weighted by Gasteiger charge is -2.36. The molecule has 0 aliphatic carbocycles. The molecule has 5 heteroatoms. The van der Waals surface area contributed by atoms with Gasteiger partial charge in [0.1, 0.15) is 0 Å². The third kappa shape index (κ3) is 3.77. The van der Waals surface area contributed by atoms with Crippen molar-refractivity contribution in [2.24, 2.45) is 5.92 Å². The van der Waals surface area contributed by atoms with E-state index >= 15 is 0 Å². The zero-order valence-corrected chi connectivity index (χ0v) is 9.56. The molecule has 3 atom stereocenters. The highest BCUT2D eigenvalue weighted by Crippen LogP contribution is 2.12. The van der Waals surface area contributed by atoms with Crippen LogP contribution in [0.3, 0.4) is 0 Å². The van der Waals surface area contributed by atoms with E-state index in [1.807, 2.05) is 13.8 Å². The molecule has 1 amide bonds.